The van der Waals surface area contributed by atoms with Gasteiger partial charge in [-0.3, -0.25) is 4.79 Å². The van der Waals surface area contributed by atoms with Crippen LogP contribution in [0.4, 0.5) is 16.2 Å². The number of rotatable bonds is 4. The lowest BCUT2D eigenvalue weighted by Gasteiger charge is -2.10. The molecule has 0 aliphatic rings. The Kier molecular flexibility index (Phi) is 4.38. The van der Waals surface area contributed by atoms with Gasteiger partial charge in [0.2, 0.25) is 0 Å². The van der Waals surface area contributed by atoms with E-state index in [0.29, 0.717) is 16.9 Å². The molecule has 0 spiro atoms. The Morgan fingerprint density at radius 3 is 2.48 bits per heavy atom. The molecule has 126 valence electrons. The van der Waals surface area contributed by atoms with Crippen LogP contribution >= 0.6 is 0 Å². The zero-order chi connectivity index (χ0) is 17.8. The van der Waals surface area contributed by atoms with E-state index in [9.17, 15) is 9.59 Å². The van der Waals surface area contributed by atoms with E-state index >= 15 is 0 Å². The van der Waals surface area contributed by atoms with Gasteiger partial charge in [-0.05, 0) is 59.3 Å². The fraction of sp³-hybridized carbons (Fsp3) is 0.0625. The first-order valence-electron chi connectivity index (χ1n) is 7.35. The zero-order valence-corrected chi connectivity index (χ0v) is 13.3. The van der Waals surface area contributed by atoms with Crippen molar-refractivity contribution in [2.24, 2.45) is 5.73 Å². The van der Waals surface area contributed by atoms with Crippen LogP contribution in [0.15, 0.2) is 48.8 Å². The summed E-state index contributed by atoms with van der Waals surface area (Å²) >= 11 is 0. The Morgan fingerprint density at radius 1 is 1.08 bits per heavy atom. The van der Waals surface area contributed by atoms with Gasteiger partial charge in [-0.15, -0.1) is 5.10 Å². The molecule has 25 heavy (non-hydrogen) atoms. The molecule has 0 unspecified atom stereocenters. The second-order valence-electron chi connectivity index (χ2n) is 5.28. The summed E-state index contributed by atoms with van der Waals surface area (Å²) in [5.41, 5.74) is 8.25. The summed E-state index contributed by atoms with van der Waals surface area (Å²) in [6.07, 6.45) is 1.49. The number of tetrazole rings is 1. The summed E-state index contributed by atoms with van der Waals surface area (Å²) in [4.78, 5) is 23.3. The smallest absolute Gasteiger partial charge is 0.316 e. The van der Waals surface area contributed by atoms with Crippen molar-refractivity contribution in [1.29, 1.82) is 0 Å². The summed E-state index contributed by atoms with van der Waals surface area (Å²) in [6.45, 7) is 1.87. The van der Waals surface area contributed by atoms with Crippen LogP contribution in [0.3, 0.4) is 0 Å². The quantitative estimate of drug-likeness (QED) is 0.668. The van der Waals surface area contributed by atoms with Crippen LogP contribution in [-0.4, -0.2) is 32.1 Å². The Morgan fingerprint density at radius 2 is 1.84 bits per heavy atom. The van der Waals surface area contributed by atoms with E-state index in [-0.39, 0.29) is 5.91 Å². The topological polar surface area (TPSA) is 128 Å². The monoisotopic (exact) mass is 337 g/mol. The second kappa shape index (κ2) is 6.79. The van der Waals surface area contributed by atoms with E-state index in [1.165, 1.54) is 11.0 Å². The molecule has 1 aromatic heterocycles. The van der Waals surface area contributed by atoms with Crippen LogP contribution in [0.2, 0.25) is 0 Å². The lowest BCUT2D eigenvalue weighted by molar-refractivity contribution is 0.102. The first-order valence-corrected chi connectivity index (χ1v) is 7.35. The van der Waals surface area contributed by atoms with Crippen molar-refractivity contribution in [1.82, 2.24) is 20.2 Å². The maximum atomic E-state index is 12.4. The van der Waals surface area contributed by atoms with Gasteiger partial charge >= 0.3 is 6.03 Å². The van der Waals surface area contributed by atoms with Gasteiger partial charge in [-0.25, -0.2) is 9.48 Å². The van der Waals surface area contributed by atoms with Gasteiger partial charge in [0.05, 0.1) is 5.69 Å². The highest BCUT2D eigenvalue weighted by Crippen LogP contribution is 2.18. The SMILES string of the molecule is Cc1cc(C(=O)Nc2cccc(NC(N)=O)c2)ccc1-n1cnnn1. The molecule has 3 amide bonds. The van der Waals surface area contributed by atoms with Crippen molar-refractivity contribution in [2.45, 2.75) is 6.92 Å². The van der Waals surface area contributed by atoms with Crippen LogP contribution < -0.4 is 16.4 Å². The molecule has 9 nitrogen and oxygen atoms in total. The summed E-state index contributed by atoms with van der Waals surface area (Å²) in [6, 6.07) is 11.2. The molecule has 0 radical (unpaired) electrons. The maximum absolute atomic E-state index is 12.4. The lowest BCUT2D eigenvalue weighted by Crippen LogP contribution is -2.19. The van der Waals surface area contributed by atoms with Crippen molar-refractivity contribution in [2.75, 3.05) is 10.6 Å². The number of aromatic nitrogens is 4. The van der Waals surface area contributed by atoms with Crippen molar-refractivity contribution in [3.63, 3.8) is 0 Å². The number of hydrogen-bond donors (Lipinski definition) is 3. The van der Waals surface area contributed by atoms with Crippen molar-refractivity contribution in [3.8, 4) is 5.69 Å². The number of nitrogens with two attached hydrogens (primary N) is 1. The number of urea groups is 1. The normalized spacial score (nSPS) is 10.3. The van der Waals surface area contributed by atoms with Gasteiger partial charge in [0.1, 0.15) is 6.33 Å². The van der Waals surface area contributed by atoms with Gasteiger partial charge in [-0.1, -0.05) is 6.07 Å². The molecule has 2 aromatic carbocycles. The van der Waals surface area contributed by atoms with Crippen LogP contribution in [-0.2, 0) is 0 Å². The third kappa shape index (κ3) is 3.78. The lowest BCUT2D eigenvalue weighted by atomic mass is 10.1. The third-order valence-corrected chi connectivity index (χ3v) is 3.44. The highest BCUT2D eigenvalue weighted by molar-refractivity contribution is 6.05. The van der Waals surface area contributed by atoms with Crippen LogP contribution in [0.25, 0.3) is 5.69 Å². The van der Waals surface area contributed by atoms with Crippen molar-refractivity contribution in [3.05, 3.63) is 59.9 Å². The number of hydrogen-bond acceptors (Lipinski definition) is 5. The molecule has 0 bridgehead atoms. The second-order valence-corrected chi connectivity index (χ2v) is 5.28. The minimum Gasteiger partial charge on any atom is -0.351 e. The number of anilines is 2. The van der Waals surface area contributed by atoms with Gasteiger partial charge in [0, 0.05) is 16.9 Å². The van der Waals surface area contributed by atoms with Gasteiger partial charge in [0.25, 0.3) is 5.91 Å². The summed E-state index contributed by atoms with van der Waals surface area (Å²) < 4.78 is 1.52. The van der Waals surface area contributed by atoms with E-state index in [4.69, 9.17) is 5.73 Å². The Bertz CT molecular complexity index is 922. The van der Waals surface area contributed by atoms with Gasteiger partial charge in [-0.2, -0.15) is 0 Å². The predicted molar refractivity (Wildman–Crippen MR) is 91.5 cm³/mol. The number of carbonyl (C=O) groups is 2. The Labute approximate surface area is 142 Å². The first kappa shape index (κ1) is 16.1. The molecule has 0 saturated heterocycles. The van der Waals surface area contributed by atoms with E-state index < -0.39 is 6.03 Å². The highest BCUT2D eigenvalue weighted by atomic mass is 16.2. The zero-order valence-electron chi connectivity index (χ0n) is 13.3. The van der Waals surface area contributed by atoms with E-state index in [1.807, 2.05) is 6.92 Å². The van der Waals surface area contributed by atoms with Gasteiger partial charge in [0.15, 0.2) is 0 Å². The number of primary amides is 1. The summed E-state index contributed by atoms with van der Waals surface area (Å²) in [5, 5.41) is 16.3. The Balaban J connectivity index is 1.77. The molecule has 3 rings (SSSR count). The van der Waals surface area contributed by atoms with E-state index in [2.05, 4.69) is 26.2 Å². The van der Waals surface area contributed by atoms with Crippen LogP contribution in [0.5, 0.6) is 0 Å². The molecule has 4 N–H and O–H groups in total. The minimum absolute atomic E-state index is 0.275. The van der Waals surface area contributed by atoms with E-state index in [0.717, 1.165) is 11.3 Å². The molecular weight excluding hydrogens is 322 g/mol. The summed E-state index contributed by atoms with van der Waals surface area (Å²) in [5.74, 6) is -0.275. The van der Waals surface area contributed by atoms with Crippen LogP contribution in [0.1, 0.15) is 15.9 Å². The average molecular weight is 337 g/mol. The molecule has 0 fully saturated rings. The number of nitrogens with one attached hydrogen (secondary N) is 2. The minimum atomic E-state index is -0.669. The number of nitrogens with zero attached hydrogens (tertiary/aromatic N) is 4. The Hall–Kier alpha value is -3.75. The highest BCUT2D eigenvalue weighted by Gasteiger charge is 2.10. The molecule has 9 heteroatoms. The maximum Gasteiger partial charge on any atom is 0.316 e. The number of aryl methyl sites for hydroxylation is 1. The van der Waals surface area contributed by atoms with Crippen molar-refractivity contribution >= 4 is 23.3 Å². The average Bonchev–Trinajstić information content (AvgIpc) is 3.08. The fourth-order valence-corrected chi connectivity index (χ4v) is 2.35. The third-order valence-electron chi connectivity index (χ3n) is 3.44. The van der Waals surface area contributed by atoms with E-state index in [1.54, 1.807) is 42.5 Å². The van der Waals surface area contributed by atoms with Crippen LogP contribution in [0, 0.1) is 6.92 Å². The molecular formula is C16H15N7O2. The largest absolute Gasteiger partial charge is 0.351 e. The number of amides is 3. The predicted octanol–water partition coefficient (Wildman–Crippen LogP) is 1.71. The van der Waals surface area contributed by atoms with Gasteiger partial charge < -0.3 is 16.4 Å². The summed E-state index contributed by atoms with van der Waals surface area (Å²) in [7, 11) is 0. The number of carbonyl (C=O) groups excluding carboxylic acids is 2. The van der Waals surface area contributed by atoms with Crippen molar-refractivity contribution < 1.29 is 9.59 Å². The number of benzene rings is 2. The molecule has 0 aliphatic carbocycles. The molecule has 1 heterocycles. The first-order chi connectivity index (χ1) is 12.0. The molecule has 3 aromatic rings. The fourth-order valence-electron chi connectivity index (χ4n) is 2.35. The molecule has 0 aliphatic heterocycles. The molecule has 0 atom stereocenters. The molecule has 0 saturated carbocycles. The standard InChI is InChI=1S/C16H15N7O2/c1-10-7-11(5-6-14(10)23-9-18-21-22-23)15(24)19-12-3-2-4-13(8-12)20-16(17)25/h2-9H,1H3,(H,19,24)(H3,17,20,25).